The van der Waals surface area contributed by atoms with Crippen LogP contribution >= 0.6 is 0 Å². The molecule has 0 spiro atoms. The lowest BCUT2D eigenvalue weighted by Gasteiger charge is -2.29. The summed E-state index contributed by atoms with van der Waals surface area (Å²) in [7, 11) is -4.61. The first kappa shape index (κ1) is 17.7. The van der Waals surface area contributed by atoms with Gasteiger partial charge in [-0.2, -0.15) is 8.78 Å². The fourth-order valence-corrected chi connectivity index (χ4v) is 3.42. The van der Waals surface area contributed by atoms with E-state index in [2.05, 4.69) is 17.6 Å². The molecule has 1 aliphatic rings. The Morgan fingerprint density at radius 1 is 1.17 bits per heavy atom. The van der Waals surface area contributed by atoms with Crippen LogP contribution < -0.4 is 10.6 Å². The number of hydrogen-bond donors (Lipinski definition) is 2. The molecule has 2 N–H and O–H groups in total. The molecule has 0 saturated heterocycles. The van der Waals surface area contributed by atoms with Crippen molar-refractivity contribution in [1.29, 1.82) is 0 Å². The lowest BCUT2D eigenvalue weighted by molar-refractivity contribution is 0.232. The summed E-state index contributed by atoms with van der Waals surface area (Å²) >= 11 is 0. The monoisotopic (exact) mass is 346 g/mol. The molecular weight excluding hydrogens is 326 g/mol. The maximum Gasteiger partial charge on any atom is 0.341 e. The fourth-order valence-electron chi connectivity index (χ4n) is 2.70. The first-order chi connectivity index (χ1) is 10.8. The maximum absolute atomic E-state index is 12.4. The van der Waals surface area contributed by atoms with Gasteiger partial charge < -0.3 is 10.6 Å². The van der Waals surface area contributed by atoms with Crippen LogP contribution in [0.25, 0.3) is 0 Å². The zero-order valence-electron chi connectivity index (χ0n) is 12.8. The molecule has 0 aromatic heterocycles. The highest BCUT2D eigenvalue weighted by Gasteiger charge is 2.26. The fraction of sp³-hybridized carbons (Fsp3) is 0.533. The number of rotatable bonds is 4. The summed E-state index contributed by atoms with van der Waals surface area (Å²) in [6.07, 6.45) is 4.25. The third kappa shape index (κ3) is 4.40. The number of alkyl halides is 2. The lowest BCUT2D eigenvalue weighted by Crippen LogP contribution is -2.43. The van der Waals surface area contributed by atoms with E-state index in [0.717, 1.165) is 31.4 Å². The first-order valence-corrected chi connectivity index (χ1v) is 9.05. The molecule has 2 atom stereocenters. The molecule has 5 nitrogen and oxygen atoms in total. The minimum absolute atomic E-state index is 0.113. The Morgan fingerprint density at radius 2 is 1.78 bits per heavy atom. The molecule has 0 unspecified atom stereocenters. The van der Waals surface area contributed by atoms with Crippen LogP contribution in [0.15, 0.2) is 29.2 Å². The number of sulfone groups is 1. The van der Waals surface area contributed by atoms with E-state index >= 15 is 0 Å². The number of carbonyl (C=O) groups is 1. The summed E-state index contributed by atoms with van der Waals surface area (Å²) in [6.45, 7) is 2.09. The summed E-state index contributed by atoms with van der Waals surface area (Å²) in [5.41, 5.74) is 0.346. The van der Waals surface area contributed by atoms with Crippen molar-refractivity contribution in [3.8, 4) is 0 Å². The van der Waals surface area contributed by atoms with Gasteiger partial charge >= 0.3 is 11.8 Å². The van der Waals surface area contributed by atoms with E-state index in [1.165, 1.54) is 18.6 Å². The summed E-state index contributed by atoms with van der Waals surface area (Å²) in [5, 5.41) is 5.48. The highest BCUT2D eigenvalue weighted by Crippen LogP contribution is 2.24. The standard InChI is InChI=1S/C15H20F2N2O3S/c1-10-4-2-3-5-13(10)19-15(20)18-11-6-8-12(9-7-11)23(21,22)14(16)17/h6-10,13-14H,2-5H2,1H3,(H2,18,19,20)/t10-,13+/m0/s1. The Kier molecular flexibility index (Phi) is 5.56. The smallest absolute Gasteiger partial charge is 0.335 e. The number of nitrogens with one attached hydrogen (secondary N) is 2. The molecule has 23 heavy (non-hydrogen) atoms. The van der Waals surface area contributed by atoms with Gasteiger partial charge in [0.1, 0.15) is 0 Å². The Morgan fingerprint density at radius 3 is 2.35 bits per heavy atom. The van der Waals surface area contributed by atoms with Gasteiger partial charge in [0, 0.05) is 11.7 Å². The average Bonchev–Trinajstić information content (AvgIpc) is 2.50. The van der Waals surface area contributed by atoms with Crippen molar-refractivity contribution in [2.24, 2.45) is 5.92 Å². The van der Waals surface area contributed by atoms with Gasteiger partial charge in [-0.15, -0.1) is 0 Å². The van der Waals surface area contributed by atoms with Gasteiger partial charge in [0.15, 0.2) is 0 Å². The lowest BCUT2D eigenvalue weighted by atomic mass is 9.86. The molecule has 1 fully saturated rings. The first-order valence-electron chi connectivity index (χ1n) is 7.50. The summed E-state index contributed by atoms with van der Waals surface area (Å²) < 4.78 is 47.5. The third-order valence-corrected chi connectivity index (χ3v) is 5.50. The van der Waals surface area contributed by atoms with Crippen LogP contribution in [0.5, 0.6) is 0 Å². The predicted molar refractivity (Wildman–Crippen MR) is 83.2 cm³/mol. The summed E-state index contributed by atoms with van der Waals surface area (Å²) in [4.78, 5) is 11.5. The van der Waals surface area contributed by atoms with Crippen LogP contribution in [-0.4, -0.2) is 26.2 Å². The van der Waals surface area contributed by atoms with Crippen molar-refractivity contribution in [3.63, 3.8) is 0 Å². The average molecular weight is 346 g/mol. The van der Waals surface area contributed by atoms with Gasteiger partial charge in [-0.3, -0.25) is 0 Å². The number of amides is 2. The second kappa shape index (κ2) is 7.25. The molecule has 1 aromatic rings. The van der Waals surface area contributed by atoms with Crippen LogP contribution in [0.4, 0.5) is 19.3 Å². The molecule has 2 amide bonds. The van der Waals surface area contributed by atoms with Gasteiger partial charge in [0.2, 0.25) is 9.84 Å². The number of urea groups is 1. The van der Waals surface area contributed by atoms with Gasteiger partial charge in [0.25, 0.3) is 0 Å². The Labute approximate surface area is 134 Å². The van der Waals surface area contributed by atoms with Crippen molar-refractivity contribution < 1.29 is 22.0 Å². The van der Waals surface area contributed by atoms with Gasteiger partial charge in [-0.1, -0.05) is 19.8 Å². The molecule has 0 aliphatic heterocycles. The summed E-state index contributed by atoms with van der Waals surface area (Å²) in [6, 6.07) is 4.43. The van der Waals surface area contributed by atoms with E-state index < -0.39 is 20.5 Å². The van der Waals surface area contributed by atoms with Crippen LogP contribution in [0.3, 0.4) is 0 Å². The van der Waals surface area contributed by atoms with Crippen LogP contribution in [0.1, 0.15) is 32.6 Å². The van der Waals surface area contributed by atoms with E-state index in [1.807, 2.05) is 0 Å². The number of anilines is 1. The van der Waals surface area contributed by atoms with Crippen molar-refractivity contribution in [1.82, 2.24) is 5.32 Å². The third-order valence-electron chi connectivity index (χ3n) is 4.10. The Bertz CT molecular complexity index is 647. The summed E-state index contributed by atoms with van der Waals surface area (Å²) in [5.74, 6) is -3.05. The second-order valence-electron chi connectivity index (χ2n) is 5.80. The van der Waals surface area contributed by atoms with Crippen LogP contribution in [-0.2, 0) is 9.84 Å². The van der Waals surface area contributed by atoms with E-state index in [9.17, 15) is 22.0 Å². The maximum atomic E-state index is 12.4. The van der Waals surface area contributed by atoms with Gasteiger partial charge in [-0.25, -0.2) is 13.2 Å². The van der Waals surface area contributed by atoms with Crippen LogP contribution in [0.2, 0.25) is 0 Å². The highest BCUT2D eigenvalue weighted by atomic mass is 32.2. The number of benzene rings is 1. The quantitative estimate of drug-likeness (QED) is 0.877. The SMILES string of the molecule is C[C@H]1CCCC[C@H]1NC(=O)Nc1ccc(S(=O)(=O)C(F)F)cc1. The molecular formula is C15H20F2N2O3S. The van der Waals surface area contributed by atoms with Crippen molar-refractivity contribution in [2.45, 2.75) is 49.3 Å². The van der Waals surface area contributed by atoms with Crippen molar-refractivity contribution in [3.05, 3.63) is 24.3 Å². The second-order valence-corrected chi connectivity index (χ2v) is 7.71. The zero-order chi connectivity index (χ0) is 17.0. The molecule has 0 radical (unpaired) electrons. The Hall–Kier alpha value is -1.70. The van der Waals surface area contributed by atoms with E-state index in [-0.39, 0.29) is 12.1 Å². The molecule has 0 heterocycles. The number of hydrogen-bond acceptors (Lipinski definition) is 3. The Balaban J connectivity index is 1.97. The molecule has 128 valence electrons. The molecule has 8 heteroatoms. The van der Waals surface area contributed by atoms with Crippen molar-refractivity contribution >= 4 is 21.6 Å². The van der Waals surface area contributed by atoms with E-state index in [4.69, 9.17) is 0 Å². The topological polar surface area (TPSA) is 75.3 Å². The predicted octanol–water partition coefficient (Wildman–Crippen LogP) is 3.38. The zero-order valence-corrected chi connectivity index (χ0v) is 13.6. The van der Waals surface area contributed by atoms with E-state index in [1.54, 1.807) is 0 Å². The normalized spacial score (nSPS) is 21.9. The van der Waals surface area contributed by atoms with E-state index in [0.29, 0.717) is 11.6 Å². The van der Waals surface area contributed by atoms with Crippen molar-refractivity contribution in [2.75, 3.05) is 5.32 Å². The molecule has 1 saturated carbocycles. The van der Waals surface area contributed by atoms with Gasteiger partial charge in [0.05, 0.1) is 4.90 Å². The molecule has 0 bridgehead atoms. The number of halogens is 2. The highest BCUT2D eigenvalue weighted by molar-refractivity contribution is 7.91. The minimum Gasteiger partial charge on any atom is -0.335 e. The van der Waals surface area contributed by atoms with Gasteiger partial charge in [-0.05, 0) is 43.0 Å². The molecule has 1 aromatic carbocycles. The molecule has 2 rings (SSSR count). The van der Waals surface area contributed by atoms with Crippen LogP contribution in [0, 0.1) is 5.92 Å². The minimum atomic E-state index is -4.61. The number of carbonyl (C=O) groups excluding carboxylic acids is 1. The molecule has 1 aliphatic carbocycles. The largest absolute Gasteiger partial charge is 0.341 e.